The van der Waals surface area contributed by atoms with Gasteiger partial charge < -0.3 is 0 Å². The van der Waals surface area contributed by atoms with Gasteiger partial charge in [0.05, 0.1) is 5.25 Å². The Labute approximate surface area is 111 Å². The summed E-state index contributed by atoms with van der Waals surface area (Å²) >= 11 is 3.75. The Hall–Kier alpha value is -0.480. The van der Waals surface area contributed by atoms with Crippen LogP contribution in [0.25, 0.3) is 0 Å². The fraction of sp³-hybridized carbons (Fsp3) is 0.538. The summed E-state index contributed by atoms with van der Waals surface area (Å²) in [6, 6.07) is 1.91. The van der Waals surface area contributed by atoms with E-state index in [2.05, 4.69) is 11.9 Å². The van der Waals surface area contributed by atoms with Crippen molar-refractivity contribution in [1.29, 1.82) is 0 Å². The van der Waals surface area contributed by atoms with Gasteiger partial charge >= 0.3 is 0 Å². The first-order chi connectivity index (χ1) is 8.24. The van der Waals surface area contributed by atoms with Gasteiger partial charge in [-0.05, 0) is 25.0 Å². The van der Waals surface area contributed by atoms with E-state index in [0.29, 0.717) is 5.25 Å². The third-order valence-electron chi connectivity index (χ3n) is 3.02. The largest absolute Gasteiger partial charge is 0.293 e. The molecule has 1 aromatic rings. The lowest BCUT2D eigenvalue weighted by Crippen LogP contribution is -2.33. The van der Waals surface area contributed by atoms with Crippen molar-refractivity contribution >= 4 is 29.3 Å². The highest BCUT2D eigenvalue weighted by molar-refractivity contribution is 8.07. The summed E-state index contributed by atoms with van der Waals surface area (Å²) in [6.45, 7) is 4.15. The number of hydrogen-bond acceptors (Lipinski definition) is 4. The highest BCUT2D eigenvalue weighted by Gasteiger charge is 2.32. The predicted octanol–water partition coefficient (Wildman–Crippen LogP) is 3.20. The minimum atomic E-state index is 0.113. The van der Waals surface area contributed by atoms with Crippen LogP contribution in [-0.4, -0.2) is 32.8 Å². The average molecular weight is 267 g/mol. The molecule has 92 valence electrons. The number of Topliss-reactive ketones (excluding diaryl/α,β-unsaturated/α-hetero) is 1. The second-order valence-electron chi connectivity index (χ2n) is 4.16. The van der Waals surface area contributed by atoms with E-state index in [1.54, 1.807) is 12.4 Å². The molecule has 2 unspecified atom stereocenters. The quantitative estimate of drug-likeness (QED) is 0.787. The number of pyridine rings is 1. The number of ketones is 1. The van der Waals surface area contributed by atoms with Crippen molar-refractivity contribution < 1.29 is 4.79 Å². The zero-order valence-electron chi connectivity index (χ0n) is 10.2. The third-order valence-corrected chi connectivity index (χ3v) is 6.26. The first-order valence-corrected chi connectivity index (χ1v) is 8.01. The summed E-state index contributed by atoms with van der Waals surface area (Å²) in [5, 5.41) is 0.572. The number of hydrogen-bond donors (Lipinski definition) is 0. The van der Waals surface area contributed by atoms with Gasteiger partial charge in [-0.25, -0.2) is 0 Å². The molecule has 1 saturated heterocycles. The molecule has 0 amide bonds. The Bertz CT molecular complexity index is 408. The minimum absolute atomic E-state index is 0.113. The van der Waals surface area contributed by atoms with Gasteiger partial charge in [0.15, 0.2) is 5.78 Å². The summed E-state index contributed by atoms with van der Waals surface area (Å²) in [6.07, 6.45) is 4.52. The van der Waals surface area contributed by atoms with Crippen molar-refractivity contribution in [2.75, 3.05) is 11.5 Å². The van der Waals surface area contributed by atoms with Crippen molar-refractivity contribution in [2.24, 2.45) is 0 Å². The minimum Gasteiger partial charge on any atom is -0.293 e. The zero-order valence-corrected chi connectivity index (χ0v) is 11.8. The molecule has 1 aliphatic rings. The predicted molar refractivity (Wildman–Crippen MR) is 76.1 cm³/mol. The van der Waals surface area contributed by atoms with Gasteiger partial charge in [0, 0.05) is 34.7 Å². The van der Waals surface area contributed by atoms with E-state index < -0.39 is 0 Å². The summed E-state index contributed by atoms with van der Waals surface area (Å²) in [4.78, 5) is 16.6. The number of carbonyl (C=O) groups is 1. The molecule has 4 heteroatoms. The molecule has 2 heterocycles. The fourth-order valence-corrected chi connectivity index (χ4v) is 5.04. The molecular weight excluding hydrogens is 250 g/mol. The van der Waals surface area contributed by atoms with E-state index >= 15 is 0 Å². The maximum Gasteiger partial charge on any atom is 0.178 e. The van der Waals surface area contributed by atoms with Gasteiger partial charge in [0.2, 0.25) is 0 Å². The first kappa shape index (κ1) is 13.0. The fourth-order valence-electron chi connectivity index (χ4n) is 2.02. The lowest BCUT2D eigenvalue weighted by Gasteiger charge is -2.29. The van der Waals surface area contributed by atoms with Crippen molar-refractivity contribution in [3.8, 4) is 0 Å². The van der Waals surface area contributed by atoms with Crippen LogP contribution < -0.4 is 0 Å². The normalized spacial score (nSPS) is 24.6. The number of nitrogens with zero attached hydrogens (tertiary/aromatic N) is 1. The molecule has 0 aromatic carbocycles. The number of thioether (sulfide) groups is 2. The van der Waals surface area contributed by atoms with Crippen LogP contribution in [-0.2, 0) is 0 Å². The van der Waals surface area contributed by atoms with Crippen LogP contribution in [0.4, 0.5) is 0 Å². The van der Waals surface area contributed by atoms with Crippen LogP contribution in [0.5, 0.6) is 0 Å². The summed E-state index contributed by atoms with van der Waals surface area (Å²) in [5.74, 6) is 2.51. The van der Waals surface area contributed by atoms with E-state index in [1.807, 2.05) is 36.5 Å². The molecule has 0 aliphatic carbocycles. The van der Waals surface area contributed by atoms with E-state index in [0.717, 1.165) is 23.3 Å². The molecule has 0 bridgehead atoms. The number of rotatable bonds is 3. The van der Waals surface area contributed by atoms with E-state index in [9.17, 15) is 4.79 Å². The highest BCUT2D eigenvalue weighted by Crippen LogP contribution is 2.35. The number of carbonyl (C=O) groups excluding carboxylic acids is 1. The third kappa shape index (κ3) is 2.86. The molecule has 0 N–H and O–H groups in total. The molecule has 0 saturated carbocycles. The van der Waals surface area contributed by atoms with E-state index in [1.165, 1.54) is 5.75 Å². The molecule has 0 radical (unpaired) electrons. The van der Waals surface area contributed by atoms with Gasteiger partial charge in [-0.15, -0.1) is 11.8 Å². The standard InChI is InChI=1S/C13H17NOS2/c1-3-11-13(17-7-6-16-11)12(15)10-8-14-5-4-9(10)2/h4-5,8,11,13H,3,6-7H2,1-2H3. The van der Waals surface area contributed by atoms with Crippen LogP contribution in [0.15, 0.2) is 18.5 Å². The van der Waals surface area contributed by atoms with Gasteiger partial charge in [-0.3, -0.25) is 9.78 Å². The van der Waals surface area contributed by atoms with E-state index in [4.69, 9.17) is 0 Å². The van der Waals surface area contributed by atoms with Crippen molar-refractivity contribution in [2.45, 2.75) is 30.8 Å². The van der Waals surface area contributed by atoms with Crippen molar-refractivity contribution in [3.05, 3.63) is 29.6 Å². The van der Waals surface area contributed by atoms with Crippen molar-refractivity contribution in [1.82, 2.24) is 4.98 Å². The first-order valence-electron chi connectivity index (χ1n) is 5.92. The molecular formula is C13H17NOS2. The van der Waals surface area contributed by atoms with Gasteiger partial charge in [0.1, 0.15) is 0 Å². The lowest BCUT2D eigenvalue weighted by atomic mass is 10.0. The topological polar surface area (TPSA) is 30.0 Å². The Morgan fingerprint density at radius 2 is 2.24 bits per heavy atom. The van der Waals surface area contributed by atoms with Gasteiger partial charge in [-0.1, -0.05) is 6.92 Å². The van der Waals surface area contributed by atoms with Crippen LogP contribution >= 0.6 is 23.5 Å². The van der Waals surface area contributed by atoms with E-state index in [-0.39, 0.29) is 11.0 Å². The molecule has 17 heavy (non-hydrogen) atoms. The second-order valence-corrected chi connectivity index (χ2v) is 6.76. The zero-order chi connectivity index (χ0) is 12.3. The molecule has 2 atom stereocenters. The maximum absolute atomic E-state index is 12.5. The SMILES string of the molecule is CCC1SCCSC1C(=O)c1cnccc1C. The Morgan fingerprint density at radius 1 is 1.47 bits per heavy atom. The van der Waals surface area contributed by atoms with Crippen LogP contribution in [0.3, 0.4) is 0 Å². The average Bonchev–Trinajstić information content (AvgIpc) is 2.38. The van der Waals surface area contributed by atoms with Gasteiger partial charge in [0.25, 0.3) is 0 Å². The van der Waals surface area contributed by atoms with Crippen LogP contribution in [0, 0.1) is 6.92 Å². The molecule has 0 spiro atoms. The molecule has 2 rings (SSSR count). The molecule has 1 aliphatic heterocycles. The Kier molecular flexibility index (Phi) is 4.51. The van der Waals surface area contributed by atoms with Gasteiger partial charge in [-0.2, -0.15) is 11.8 Å². The monoisotopic (exact) mass is 267 g/mol. The maximum atomic E-state index is 12.5. The number of aryl methyl sites for hydroxylation is 1. The Balaban J connectivity index is 2.21. The summed E-state index contributed by atoms with van der Waals surface area (Å²) in [5.41, 5.74) is 1.84. The molecule has 2 nitrogen and oxygen atoms in total. The highest BCUT2D eigenvalue weighted by atomic mass is 32.2. The summed E-state index contributed by atoms with van der Waals surface area (Å²) < 4.78 is 0. The molecule has 1 fully saturated rings. The second kappa shape index (κ2) is 5.91. The van der Waals surface area contributed by atoms with Crippen LogP contribution in [0.2, 0.25) is 0 Å². The molecule has 1 aromatic heterocycles. The Morgan fingerprint density at radius 3 is 2.94 bits per heavy atom. The number of aromatic nitrogens is 1. The van der Waals surface area contributed by atoms with Crippen LogP contribution in [0.1, 0.15) is 29.3 Å². The smallest absolute Gasteiger partial charge is 0.178 e. The van der Waals surface area contributed by atoms with Crippen molar-refractivity contribution in [3.63, 3.8) is 0 Å². The lowest BCUT2D eigenvalue weighted by molar-refractivity contribution is 0.0987. The summed E-state index contributed by atoms with van der Waals surface area (Å²) in [7, 11) is 0.